The lowest BCUT2D eigenvalue weighted by Crippen LogP contribution is -2.29. The average molecular weight is 333 g/mol. The van der Waals surface area contributed by atoms with Gasteiger partial charge in [-0.2, -0.15) is 5.26 Å². The van der Waals surface area contributed by atoms with Gasteiger partial charge < -0.3 is 5.32 Å². The van der Waals surface area contributed by atoms with E-state index < -0.39 is 0 Å². The highest BCUT2D eigenvalue weighted by Crippen LogP contribution is 2.13. The van der Waals surface area contributed by atoms with Crippen LogP contribution in [0, 0.1) is 11.3 Å². The van der Waals surface area contributed by atoms with Crippen molar-refractivity contribution in [1.29, 1.82) is 5.26 Å². The second-order valence-electron chi connectivity index (χ2n) is 6.53. The molecule has 0 aromatic heterocycles. The third-order valence-electron chi connectivity index (χ3n) is 4.58. The molecule has 0 unspecified atom stereocenters. The molecule has 0 atom stereocenters. The number of piperidine rings is 1. The highest BCUT2D eigenvalue weighted by molar-refractivity contribution is 5.94. The second kappa shape index (κ2) is 8.46. The van der Waals surface area contributed by atoms with Crippen molar-refractivity contribution >= 4 is 5.91 Å². The van der Waals surface area contributed by atoms with Crippen molar-refractivity contribution in [2.24, 2.45) is 0 Å². The van der Waals surface area contributed by atoms with Crippen molar-refractivity contribution in [3.8, 4) is 6.07 Å². The van der Waals surface area contributed by atoms with E-state index in [4.69, 9.17) is 5.26 Å². The maximum absolute atomic E-state index is 12.2. The van der Waals surface area contributed by atoms with Gasteiger partial charge in [0.15, 0.2) is 0 Å². The lowest BCUT2D eigenvalue weighted by Gasteiger charge is -2.26. The lowest BCUT2D eigenvalue weighted by atomic mass is 10.1. The minimum atomic E-state index is -0.158. The Labute approximate surface area is 149 Å². The molecule has 1 amide bonds. The number of hydrogen-bond donors (Lipinski definition) is 1. The first-order chi connectivity index (χ1) is 12.2. The molecule has 2 aromatic rings. The maximum Gasteiger partial charge on any atom is 0.251 e. The van der Waals surface area contributed by atoms with Gasteiger partial charge >= 0.3 is 0 Å². The molecule has 1 fully saturated rings. The van der Waals surface area contributed by atoms with Crippen LogP contribution < -0.4 is 5.32 Å². The minimum absolute atomic E-state index is 0.158. The van der Waals surface area contributed by atoms with E-state index in [0.717, 1.165) is 12.1 Å². The van der Waals surface area contributed by atoms with Gasteiger partial charge in [0, 0.05) is 18.7 Å². The normalized spacial score (nSPS) is 14.7. The molecule has 25 heavy (non-hydrogen) atoms. The summed E-state index contributed by atoms with van der Waals surface area (Å²) in [6, 6.07) is 17.2. The zero-order valence-corrected chi connectivity index (χ0v) is 14.4. The molecule has 4 heteroatoms. The van der Waals surface area contributed by atoms with Gasteiger partial charge in [-0.05, 0) is 55.3 Å². The Bertz CT molecular complexity index is 755. The Morgan fingerprint density at radius 3 is 2.48 bits per heavy atom. The van der Waals surface area contributed by atoms with E-state index in [2.05, 4.69) is 40.6 Å². The molecule has 2 aromatic carbocycles. The third-order valence-corrected chi connectivity index (χ3v) is 4.58. The summed E-state index contributed by atoms with van der Waals surface area (Å²) >= 11 is 0. The summed E-state index contributed by atoms with van der Waals surface area (Å²) in [7, 11) is 0. The Morgan fingerprint density at radius 2 is 1.76 bits per heavy atom. The molecule has 0 radical (unpaired) electrons. The summed E-state index contributed by atoms with van der Waals surface area (Å²) in [5.41, 5.74) is 3.40. The number of nitrogens with one attached hydrogen (secondary N) is 1. The molecule has 0 spiro atoms. The van der Waals surface area contributed by atoms with Crippen LogP contribution in [0.25, 0.3) is 0 Å². The molecule has 128 valence electrons. The molecule has 4 nitrogen and oxygen atoms in total. The molecule has 1 aliphatic heterocycles. The molecular formula is C21H23N3O. The quantitative estimate of drug-likeness (QED) is 0.911. The number of hydrogen-bond acceptors (Lipinski definition) is 3. The third kappa shape index (κ3) is 4.91. The van der Waals surface area contributed by atoms with Crippen LogP contribution in [0.3, 0.4) is 0 Å². The number of benzene rings is 2. The molecule has 0 bridgehead atoms. The van der Waals surface area contributed by atoms with Crippen LogP contribution in [0.15, 0.2) is 48.5 Å². The Kier molecular flexibility index (Phi) is 5.81. The van der Waals surface area contributed by atoms with Crippen molar-refractivity contribution in [1.82, 2.24) is 10.2 Å². The number of carbonyl (C=O) groups is 1. The molecule has 1 aliphatic rings. The standard InChI is InChI=1S/C21H23N3O/c22-14-19-5-4-6-20(13-19)21(25)23-15-17-7-9-18(10-8-17)16-24-11-2-1-3-12-24/h4-10,13H,1-3,11-12,15-16H2,(H,23,25). The largest absolute Gasteiger partial charge is 0.348 e. The fourth-order valence-electron chi connectivity index (χ4n) is 3.15. The minimum Gasteiger partial charge on any atom is -0.348 e. The van der Waals surface area contributed by atoms with Crippen LogP contribution in [0.5, 0.6) is 0 Å². The number of nitrogens with zero attached hydrogens (tertiary/aromatic N) is 2. The van der Waals surface area contributed by atoms with Crippen molar-refractivity contribution in [2.45, 2.75) is 32.4 Å². The van der Waals surface area contributed by atoms with E-state index in [0.29, 0.717) is 17.7 Å². The first-order valence-corrected chi connectivity index (χ1v) is 8.83. The first-order valence-electron chi connectivity index (χ1n) is 8.83. The van der Waals surface area contributed by atoms with Crippen LogP contribution in [-0.2, 0) is 13.1 Å². The number of amides is 1. The Hall–Kier alpha value is -2.64. The van der Waals surface area contributed by atoms with E-state index in [9.17, 15) is 4.79 Å². The highest BCUT2D eigenvalue weighted by atomic mass is 16.1. The van der Waals surface area contributed by atoms with Gasteiger partial charge in [0.2, 0.25) is 0 Å². The monoisotopic (exact) mass is 333 g/mol. The topological polar surface area (TPSA) is 56.1 Å². The Balaban J connectivity index is 1.52. The van der Waals surface area contributed by atoms with Crippen LogP contribution in [0.4, 0.5) is 0 Å². The summed E-state index contributed by atoms with van der Waals surface area (Å²) in [6.45, 7) is 3.88. The number of nitriles is 1. The SMILES string of the molecule is N#Cc1cccc(C(=O)NCc2ccc(CN3CCCCC3)cc2)c1. The van der Waals surface area contributed by atoms with Gasteiger partial charge in [-0.25, -0.2) is 0 Å². The number of rotatable bonds is 5. The molecule has 1 saturated heterocycles. The second-order valence-corrected chi connectivity index (χ2v) is 6.53. The van der Waals surface area contributed by atoms with Gasteiger partial charge in [0.05, 0.1) is 11.6 Å². The van der Waals surface area contributed by atoms with Crippen LogP contribution in [0.1, 0.15) is 46.3 Å². The number of likely N-dealkylation sites (tertiary alicyclic amines) is 1. The first kappa shape index (κ1) is 17.2. The van der Waals surface area contributed by atoms with Gasteiger partial charge in [-0.15, -0.1) is 0 Å². The van der Waals surface area contributed by atoms with Gasteiger partial charge in [0.25, 0.3) is 5.91 Å². The summed E-state index contributed by atoms with van der Waals surface area (Å²) in [5.74, 6) is -0.158. The zero-order chi connectivity index (χ0) is 17.5. The molecular weight excluding hydrogens is 310 g/mol. The maximum atomic E-state index is 12.2. The summed E-state index contributed by atoms with van der Waals surface area (Å²) in [6.07, 6.45) is 3.96. The number of carbonyl (C=O) groups excluding carboxylic acids is 1. The van der Waals surface area contributed by atoms with E-state index in [1.807, 2.05) is 0 Å². The molecule has 0 aliphatic carbocycles. The summed E-state index contributed by atoms with van der Waals surface area (Å²) in [4.78, 5) is 14.7. The van der Waals surface area contributed by atoms with Crippen LogP contribution in [-0.4, -0.2) is 23.9 Å². The smallest absolute Gasteiger partial charge is 0.251 e. The Morgan fingerprint density at radius 1 is 1.04 bits per heavy atom. The summed E-state index contributed by atoms with van der Waals surface area (Å²) < 4.78 is 0. The van der Waals surface area contributed by atoms with E-state index in [-0.39, 0.29) is 5.91 Å². The molecule has 0 saturated carbocycles. The van der Waals surface area contributed by atoms with Crippen molar-refractivity contribution in [3.63, 3.8) is 0 Å². The predicted octanol–water partition coefficient (Wildman–Crippen LogP) is 3.47. The average Bonchev–Trinajstić information content (AvgIpc) is 2.68. The summed E-state index contributed by atoms with van der Waals surface area (Å²) in [5, 5.41) is 11.8. The predicted molar refractivity (Wildman–Crippen MR) is 97.9 cm³/mol. The fourth-order valence-corrected chi connectivity index (χ4v) is 3.15. The van der Waals surface area contributed by atoms with Gasteiger partial charge in [-0.3, -0.25) is 9.69 Å². The van der Waals surface area contributed by atoms with E-state index >= 15 is 0 Å². The van der Waals surface area contributed by atoms with Crippen molar-refractivity contribution in [3.05, 3.63) is 70.8 Å². The van der Waals surface area contributed by atoms with E-state index in [1.54, 1.807) is 24.3 Å². The van der Waals surface area contributed by atoms with Crippen LogP contribution in [0.2, 0.25) is 0 Å². The van der Waals surface area contributed by atoms with Gasteiger partial charge in [-0.1, -0.05) is 36.8 Å². The van der Waals surface area contributed by atoms with Crippen molar-refractivity contribution < 1.29 is 4.79 Å². The lowest BCUT2D eigenvalue weighted by molar-refractivity contribution is 0.0951. The fraction of sp³-hybridized carbons (Fsp3) is 0.333. The zero-order valence-electron chi connectivity index (χ0n) is 14.4. The molecule has 1 N–H and O–H groups in total. The highest BCUT2D eigenvalue weighted by Gasteiger charge is 2.10. The molecule has 3 rings (SSSR count). The molecule has 1 heterocycles. The van der Waals surface area contributed by atoms with Crippen molar-refractivity contribution in [2.75, 3.05) is 13.1 Å². The van der Waals surface area contributed by atoms with Gasteiger partial charge in [0.1, 0.15) is 0 Å². The van der Waals surface area contributed by atoms with E-state index in [1.165, 1.54) is 37.9 Å². The van der Waals surface area contributed by atoms with Crippen LogP contribution >= 0.6 is 0 Å².